The zero-order valence-electron chi connectivity index (χ0n) is 24.8. The molecule has 5 N–H and O–H groups in total. The first-order valence-corrected chi connectivity index (χ1v) is 14.6. The lowest BCUT2D eigenvalue weighted by molar-refractivity contribution is -0.137. The highest BCUT2D eigenvalue weighted by molar-refractivity contribution is 5.95. The highest BCUT2D eigenvalue weighted by atomic mass is 19.4. The molecule has 1 aromatic heterocycles. The van der Waals surface area contributed by atoms with Crippen LogP contribution in [0.4, 0.5) is 35.4 Å². The quantitative estimate of drug-likeness (QED) is 0.351. The number of aromatic nitrogens is 2. The van der Waals surface area contributed by atoms with E-state index in [-0.39, 0.29) is 17.9 Å². The molecular formula is C29H39F3N8O3. The smallest absolute Gasteiger partial charge is 0.421 e. The summed E-state index contributed by atoms with van der Waals surface area (Å²) in [6.07, 6.45) is -1.26. The van der Waals surface area contributed by atoms with Crippen LogP contribution in [0.1, 0.15) is 68.8 Å². The molecular weight excluding hydrogens is 565 g/mol. The maximum Gasteiger partial charge on any atom is 0.421 e. The number of hydrogen-bond acceptors (Lipinski definition) is 8. The third kappa shape index (κ3) is 7.59. The van der Waals surface area contributed by atoms with Crippen LogP contribution in [0.3, 0.4) is 0 Å². The van der Waals surface area contributed by atoms with Crippen LogP contribution in [0.2, 0.25) is 0 Å². The topological polar surface area (TPSA) is 133 Å². The number of nitrogens with one attached hydrogen (secondary N) is 5. The Morgan fingerprint density at radius 1 is 1.07 bits per heavy atom. The van der Waals surface area contributed by atoms with Crippen LogP contribution in [0, 0.1) is 0 Å². The second kappa shape index (κ2) is 12.1. The number of anilines is 3. The Kier molecular flexibility index (Phi) is 8.59. The van der Waals surface area contributed by atoms with Gasteiger partial charge >= 0.3 is 12.2 Å². The lowest BCUT2D eigenvalue weighted by Gasteiger charge is -2.40. The average Bonchev–Trinajstić information content (AvgIpc) is 2.90. The van der Waals surface area contributed by atoms with Crippen LogP contribution in [-0.2, 0) is 6.18 Å². The summed E-state index contributed by atoms with van der Waals surface area (Å²) >= 11 is 0. The first-order chi connectivity index (χ1) is 20.2. The number of alkyl halides is 3. The Morgan fingerprint density at radius 2 is 1.81 bits per heavy atom. The van der Waals surface area contributed by atoms with Gasteiger partial charge in [0.1, 0.15) is 23.2 Å². The molecule has 2 bridgehead atoms. The molecule has 234 valence electrons. The molecule has 2 aromatic rings. The van der Waals surface area contributed by atoms with E-state index in [1.165, 1.54) is 0 Å². The molecule has 14 heteroatoms. The average molecular weight is 605 g/mol. The Labute approximate surface area is 248 Å². The van der Waals surface area contributed by atoms with Crippen molar-refractivity contribution in [1.29, 1.82) is 0 Å². The summed E-state index contributed by atoms with van der Waals surface area (Å²) in [7, 11) is 2.05. The van der Waals surface area contributed by atoms with Crippen molar-refractivity contribution in [3.8, 4) is 5.75 Å². The third-order valence-corrected chi connectivity index (χ3v) is 7.86. The van der Waals surface area contributed by atoms with Crippen LogP contribution in [0.25, 0.3) is 0 Å². The summed E-state index contributed by atoms with van der Waals surface area (Å²) in [6, 6.07) is 3.17. The number of ether oxygens (including phenoxy) is 1. The number of fused-ring (bicyclic) bond motifs is 4. The zero-order valence-corrected chi connectivity index (χ0v) is 24.8. The van der Waals surface area contributed by atoms with Gasteiger partial charge in [0.15, 0.2) is 0 Å². The van der Waals surface area contributed by atoms with E-state index in [2.05, 4.69) is 48.5 Å². The number of halogens is 3. The molecule has 0 spiro atoms. The highest BCUT2D eigenvalue weighted by Gasteiger charge is 2.41. The number of carbonyl (C=O) groups is 2. The van der Waals surface area contributed by atoms with Crippen molar-refractivity contribution in [1.82, 2.24) is 30.8 Å². The van der Waals surface area contributed by atoms with E-state index in [1.807, 2.05) is 20.8 Å². The van der Waals surface area contributed by atoms with Gasteiger partial charge in [-0.05, 0) is 91.2 Å². The zero-order chi connectivity index (χ0) is 30.9. The van der Waals surface area contributed by atoms with Gasteiger partial charge in [0.2, 0.25) is 5.95 Å². The number of carbonyl (C=O) groups excluding carboxylic acids is 2. The molecule has 1 saturated heterocycles. The first-order valence-electron chi connectivity index (χ1n) is 14.6. The Bertz CT molecular complexity index is 1340. The highest BCUT2D eigenvalue weighted by Crippen LogP contribution is 2.38. The number of likely N-dealkylation sites (tertiary alicyclic amines) is 1. The van der Waals surface area contributed by atoms with Gasteiger partial charge in [0.05, 0.1) is 17.8 Å². The van der Waals surface area contributed by atoms with Crippen molar-refractivity contribution >= 4 is 29.4 Å². The van der Waals surface area contributed by atoms with Crippen LogP contribution in [0.5, 0.6) is 5.75 Å². The van der Waals surface area contributed by atoms with Crippen molar-refractivity contribution in [3.63, 3.8) is 0 Å². The van der Waals surface area contributed by atoms with Crippen molar-refractivity contribution < 1.29 is 27.5 Å². The SMILES string of the molecule is CN1CCC(NC(=O)c2ccc3c(c2)OC2CCCC(NC(=O)NC(C)(C)C)[C@@H]2Nc2nc(ncc2C(F)(F)F)N3)CC1. The normalized spacial score (nSPS) is 22.9. The molecule has 2 aliphatic heterocycles. The maximum absolute atomic E-state index is 14.0. The molecule has 2 unspecified atom stereocenters. The first kappa shape index (κ1) is 30.6. The van der Waals surface area contributed by atoms with Crippen molar-refractivity contribution in [2.45, 2.75) is 88.8 Å². The monoisotopic (exact) mass is 604 g/mol. The molecule has 5 rings (SSSR count). The minimum Gasteiger partial charge on any atom is -0.486 e. The number of benzene rings is 1. The molecule has 11 nitrogen and oxygen atoms in total. The molecule has 3 aliphatic rings. The fraction of sp³-hybridized carbons (Fsp3) is 0.586. The Morgan fingerprint density at radius 3 is 2.51 bits per heavy atom. The fourth-order valence-electron chi connectivity index (χ4n) is 5.68. The molecule has 1 aliphatic carbocycles. The van der Waals surface area contributed by atoms with E-state index in [0.717, 1.165) is 32.1 Å². The predicted molar refractivity (Wildman–Crippen MR) is 156 cm³/mol. The standard InChI is InChI=1S/C29H39F3N8O3/c1-28(2,3)39-27(42)36-20-6-5-7-21-23(20)37-24-18(29(30,31)32)15-33-26(38-24)35-19-9-8-16(14-22(19)43-21)25(41)34-17-10-12-40(4)13-11-17/h8-9,14-15,17,20-21,23H,5-7,10-13H2,1-4H3,(H,34,41)(H2,36,39,42)(H2,33,35,37,38)/t20?,21?,23-/m0/s1. The number of nitrogens with zero attached hydrogens (tertiary/aromatic N) is 3. The van der Waals surface area contributed by atoms with E-state index in [0.29, 0.717) is 36.3 Å². The number of urea groups is 1. The molecule has 1 saturated carbocycles. The Balaban J connectivity index is 1.48. The summed E-state index contributed by atoms with van der Waals surface area (Å²) < 4.78 is 48.4. The van der Waals surface area contributed by atoms with Gasteiger partial charge in [-0.3, -0.25) is 4.79 Å². The minimum absolute atomic E-state index is 0.0634. The summed E-state index contributed by atoms with van der Waals surface area (Å²) in [4.78, 5) is 36.3. The number of piperidine rings is 1. The van der Waals surface area contributed by atoms with E-state index in [4.69, 9.17) is 4.74 Å². The lowest BCUT2D eigenvalue weighted by Crippen LogP contribution is -2.59. The molecule has 3 amide bonds. The summed E-state index contributed by atoms with van der Waals surface area (Å²) in [5, 5.41) is 14.8. The third-order valence-electron chi connectivity index (χ3n) is 7.86. The predicted octanol–water partition coefficient (Wildman–Crippen LogP) is 4.25. The second-order valence-electron chi connectivity index (χ2n) is 12.6. The number of hydrogen-bond donors (Lipinski definition) is 5. The fourth-order valence-corrected chi connectivity index (χ4v) is 5.68. The van der Waals surface area contributed by atoms with Crippen LogP contribution in [0.15, 0.2) is 24.4 Å². The van der Waals surface area contributed by atoms with Crippen molar-refractivity contribution in [2.75, 3.05) is 30.8 Å². The van der Waals surface area contributed by atoms with Crippen molar-refractivity contribution in [3.05, 3.63) is 35.5 Å². The Hall–Kier alpha value is -3.81. The van der Waals surface area contributed by atoms with Gasteiger partial charge in [-0.1, -0.05) is 0 Å². The minimum atomic E-state index is -4.71. The number of amides is 3. The largest absolute Gasteiger partial charge is 0.486 e. The van der Waals surface area contributed by atoms with Crippen molar-refractivity contribution in [2.24, 2.45) is 0 Å². The van der Waals surface area contributed by atoms with Gasteiger partial charge in [0, 0.05) is 23.3 Å². The van der Waals surface area contributed by atoms with Gasteiger partial charge in [-0.25, -0.2) is 9.78 Å². The van der Waals surface area contributed by atoms with Crippen LogP contribution < -0.4 is 31.3 Å². The molecule has 1 aromatic carbocycles. The molecule has 43 heavy (non-hydrogen) atoms. The van der Waals surface area contributed by atoms with Crippen LogP contribution in [-0.4, -0.2) is 76.7 Å². The van der Waals surface area contributed by atoms with Gasteiger partial charge in [-0.15, -0.1) is 0 Å². The molecule has 3 atom stereocenters. The van der Waals surface area contributed by atoms with E-state index in [9.17, 15) is 22.8 Å². The molecule has 2 fully saturated rings. The molecule has 0 radical (unpaired) electrons. The van der Waals surface area contributed by atoms with Crippen LogP contribution >= 0.6 is 0 Å². The van der Waals surface area contributed by atoms with Gasteiger partial charge in [-0.2, -0.15) is 18.2 Å². The lowest BCUT2D eigenvalue weighted by atomic mass is 9.87. The summed E-state index contributed by atoms with van der Waals surface area (Å²) in [6.45, 7) is 7.31. The van der Waals surface area contributed by atoms with Gasteiger partial charge < -0.3 is 36.2 Å². The van der Waals surface area contributed by atoms with E-state index >= 15 is 0 Å². The van der Waals surface area contributed by atoms with E-state index < -0.39 is 47.3 Å². The maximum atomic E-state index is 14.0. The second-order valence-corrected chi connectivity index (χ2v) is 12.6. The van der Waals surface area contributed by atoms with E-state index in [1.54, 1.807) is 18.2 Å². The summed E-state index contributed by atoms with van der Waals surface area (Å²) in [5.74, 6) is -0.387. The number of rotatable bonds is 3. The summed E-state index contributed by atoms with van der Waals surface area (Å²) in [5.41, 5.74) is -0.742. The molecule has 3 heterocycles. The van der Waals surface area contributed by atoms with Gasteiger partial charge in [0.25, 0.3) is 5.91 Å².